The molecule has 1 aliphatic rings. The maximum absolute atomic E-state index is 12.9. The number of H-pyrrole nitrogens is 1. The van der Waals surface area contributed by atoms with E-state index in [4.69, 9.17) is 4.74 Å². The van der Waals surface area contributed by atoms with Crippen molar-refractivity contribution in [3.05, 3.63) is 66.2 Å². The number of fused-ring (bicyclic) bond motifs is 2. The van der Waals surface area contributed by atoms with Gasteiger partial charge in [0, 0.05) is 17.0 Å². The number of carbonyl (C=O) groups is 1. The van der Waals surface area contributed by atoms with E-state index in [2.05, 4.69) is 15.5 Å². The van der Waals surface area contributed by atoms with Crippen molar-refractivity contribution >= 4 is 33.4 Å². The average Bonchev–Trinajstić information content (AvgIpc) is 3.37. The average molecular weight is 371 g/mol. The van der Waals surface area contributed by atoms with E-state index in [-0.39, 0.29) is 5.91 Å². The third-order valence-corrected chi connectivity index (χ3v) is 5.41. The minimum atomic E-state index is -0.170. The summed E-state index contributed by atoms with van der Waals surface area (Å²) in [5.41, 5.74) is 1.49. The van der Waals surface area contributed by atoms with Gasteiger partial charge in [-0.1, -0.05) is 36.4 Å². The lowest BCUT2D eigenvalue weighted by Crippen LogP contribution is -2.13. The van der Waals surface area contributed by atoms with E-state index in [1.54, 1.807) is 0 Å². The minimum Gasteiger partial charge on any atom is -0.490 e. The lowest BCUT2D eigenvalue weighted by Gasteiger charge is -2.12. The van der Waals surface area contributed by atoms with Gasteiger partial charge in [0.15, 0.2) is 5.82 Å². The molecule has 1 fully saturated rings. The maximum atomic E-state index is 12.9. The van der Waals surface area contributed by atoms with E-state index in [1.807, 2.05) is 60.7 Å². The summed E-state index contributed by atoms with van der Waals surface area (Å²) in [7, 11) is 0. The van der Waals surface area contributed by atoms with Crippen molar-refractivity contribution in [3.63, 3.8) is 0 Å². The fraction of sp³-hybridized carbons (Fsp3) is 0.217. The Morgan fingerprint density at radius 1 is 1.00 bits per heavy atom. The van der Waals surface area contributed by atoms with E-state index in [0.29, 0.717) is 17.5 Å². The number of aromatic amines is 1. The van der Waals surface area contributed by atoms with Crippen LogP contribution in [0.15, 0.2) is 60.7 Å². The Bertz CT molecular complexity index is 1150. The van der Waals surface area contributed by atoms with Gasteiger partial charge in [-0.15, -0.1) is 0 Å². The van der Waals surface area contributed by atoms with Gasteiger partial charge in [-0.2, -0.15) is 5.10 Å². The van der Waals surface area contributed by atoms with Crippen molar-refractivity contribution in [3.8, 4) is 5.75 Å². The molecular weight excluding hydrogens is 350 g/mol. The first-order chi connectivity index (χ1) is 13.8. The number of carbonyl (C=O) groups excluding carboxylic acids is 1. The Balaban J connectivity index is 1.41. The zero-order valence-corrected chi connectivity index (χ0v) is 15.4. The van der Waals surface area contributed by atoms with E-state index < -0.39 is 0 Å². The second-order valence-electron chi connectivity index (χ2n) is 7.28. The molecule has 0 saturated heterocycles. The number of anilines is 1. The molecule has 0 atom stereocenters. The molecule has 2 N–H and O–H groups in total. The smallest absolute Gasteiger partial charge is 0.257 e. The van der Waals surface area contributed by atoms with Gasteiger partial charge in [0.2, 0.25) is 0 Å². The number of hydrogen-bond acceptors (Lipinski definition) is 3. The molecule has 28 heavy (non-hydrogen) atoms. The molecular formula is C23H21N3O2. The van der Waals surface area contributed by atoms with Crippen molar-refractivity contribution in [1.29, 1.82) is 0 Å². The quantitative estimate of drug-likeness (QED) is 0.512. The van der Waals surface area contributed by atoms with Crippen molar-refractivity contribution < 1.29 is 9.53 Å². The molecule has 0 aliphatic heterocycles. The number of hydrogen-bond donors (Lipinski definition) is 2. The first-order valence-electron chi connectivity index (χ1n) is 9.72. The second kappa shape index (κ2) is 7.00. The van der Waals surface area contributed by atoms with Crippen molar-refractivity contribution in [2.75, 3.05) is 5.32 Å². The summed E-state index contributed by atoms with van der Waals surface area (Å²) >= 11 is 0. The van der Waals surface area contributed by atoms with Crippen LogP contribution in [-0.4, -0.2) is 22.2 Å². The van der Waals surface area contributed by atoms with Crippen molar-refractivity contribution in [1.82, 2.24) is 10.2 Å². The number of ether oxygens (including phenoxy) is 1. The van der Waals surface area contributed by atoms with Crippen LogP contribution in [0.2, 0.25) is 0 Å². The Morgan fingerprint density at radius 2 is 1.82 bits per heavy atom. The van der Waals surface area contributed by atoms with Gasteiger partial charge in [-0.3, -0.25) is 9.89 Å². The van der Waals surface area contributed by atoms with Crippen LogP contribution < -0.4 is 10.1 Å². The SMILES string of the molecule is O=C(Nc1n[nH]c2cc(OC3CCCC3)ccc12)c1cccc2ccccc12. The molecule has 1 aliphatic carbocycles. The first kappa shape index (κ1) is 16.8. The molecule has 4 aromatic rings. The molecule has 5 nitrogen and oxygen atoms in total. The molecule has 1 amide bonds. The largest absolute Gasteiger partial charge is 0.490 e. The molecule has 0 unspecified atom stereocenters. The molecule has 1 saturated carbocycles. The Morgan fingerprint density at radius 3 is 2.71 bits per heavy atom. The molecule has 1 aromatic heterocycles. The van der Waals surface area contributed by atoms with E-state index in [1.165, 1.54) is 12.8 Å². The summed E-state index contributed by atoms with van der Waals surface area (Å²) in [6.45, 7) is 0. The monoisotopic (exact) mass is 371 g/mol. The molecule has 3 aromatic carbocycles. The van der Waals surface area contributed by atoms with Crippen LogP contribution in [0.3, 0.4) is 0 Å². The molecule has 5 rings (SSSR count). The molecule has 0 radical (unpaired) electrons. The lowest BCUT2D eigenvalue weighted by molar-refractivity contribution is 0.102. The predicted molar refractivity (Wildman–Crippen MR) is 111 cm³/mol. The van der Waals surface area contributed by atoms with Crippen LogP contribution in [-0.2, 0) is 0 Å². The van der Waals surface area contributed by atoms with Crippen LogP contribution in [0.5, 0.6) is 5.75 Å². The standard InChI is InChI=1S/C23H21N3O2/c27-23(19-11-5-7-15-6-1-4-10-18(15)19)24-22-20-13-12-17(14-21(20)25-26-22)28-16-8-2-3-9-16/h1,4-7,10-14,16H,2-3,8-9H2,(H2,24,25,26,27). The van der Waals surface area contributed by atoms with Gasteiger partial charge in [-0.25, -0.2) is 0 Å². The number of nitrogens with one attached hydrogen (secondary N) is 2. The highest BCUT2D eigenvalue weighted by molar-refractivity contribution is 6.14. The molecule has 0 spiro atoms. The number of benzene rings is 3. The van der Waals surface area contributed by atoms with Crippen LogP contribution >= 0.6 is 0 Å². The number of rotatable bonds is 4. The van der Waals surface area contributed by atoms with Gasteiger partial charge < -0.3 is 10.1 Å². The summed E-state index contributed by atoms with van der Waals surface area (Å²) < 4.78 is 6.06. The number of nitrogens with zero attached hydrogens (tertiary/aromatic N) is 1. The highest BCUT2D eigenvalue weighted by Gasteiger charge is 2.18. The fourth-order valence-corrected chi connectivity index (χ4v) is 3.96. The lowest BCUT2D eigenvalue weighted by atomic mass is 10.0. The fourth-order valence-electron chi connectivity index (χ4n) is 3.96. The third-order valence-electron chi connectivity index (χ3n) is 5.41. The summed E-state index contributed by atoms with van der Waals surface area (Å²) in [5.74, 6) is 1.20. The van der Waals surface area contributed by atoms with Gasteiger partial charge in [-0.05, 0) is 54.7 Å². The second-order valence-corrected chi connectivity index (χ2v) is 7.28. The zero-order chi connectivity index (χ0) is 18.9. The van der Waals surface area contributed by atoms with Gasteiger partial charge in [0.05, 0.1) is 11.6 Å². The molecule has 5 heteroatoms. The Hall–Kier alpha value is -3.34. The number of amides is 1. The zero-order valence-electron chi connectivity index (χ0n) is 15.4. The topological polar surface area (TPSA) is 67.0 Å². The van der Waals surface area contributed by atoms with E-state index >= 15 is 0 Å². The van der Waals surface area contributed by atoms with E-state index in [9.17, 15) is 4.79 Å². The van der Waals surface area contributed by atoms with E-state index in [0.717, 1.165) is 40.3 Å². The first-order valence-corrected chi connectivity index (χ1v) is 9.72. The normalized spacial score (nSPS) is 14.6. The maximum Gasteiger partial charge on any atom is 0.257 e. The highest BCUT2D eigenvalue weighted by atomic mass is 16.5. The number of aromatic nitrogens is 2. The Kier molecular flexibility index (Phi) is 4.20. The summed E-state index contributed by atoms with van der Waals surface area (Å²) in [6.07, 6.45) is 5.02. The van der Waals surface area contributed by atoms with Gasteiger partial charge >= 0.3 is 0 Å². The molecule has 1 heterocycles. The van der Waals surface area contributed by atoms with Crippen LogP contribution in [0, 0.1) is 0 Å². The summed E-state index contributed by atoms with van der Waals surface area (Å²) in [6, 6.07) is 19.4. The van der Waals surface area contributed by atoms with Crippen LogP contribution in [0.4, 0.5) is 5.82 Å². The van der Waals surface area contributed by atoms with Gasteiger partial charge in [0.25, 0.3) is 5.91 Å². The predicted octanol–water partition coefficient (Wildman–Crippen LogP) is 5.29. The highest BCUT2D eigenvalue weighted by Crippen LogP contribution is 2.29. The van der Waals surface area contributed by atoms with Crippen LogP contribution in [0.25, 0.3) is 21.7 Å². The minimum absolute atomic E-state index is 0.170. The third kappa shape index (κ3) is 3.09. The van der Waals surface area contributed by atoms with Crippen molar-refractivity contribution in [2.24, 2.45) is 0 Å². The Labute approximate surface area is 162 Å². The van der Waals surface area contributed by atoms with Gasteiger partial charge in [0.1, 0.15) is 5.75 Å². The summed E-state index contributed by atoms with van der Waals surface area (Å²) in [5, 5.41) is 13.1. The van der Waals surface area contributed by atoms with Crippen LogP contribution in [0.1, 0.15) is 36.0 Å². The summed E-state index contributed by atoms with van der Waals surface area (Å²) in [4.78, 5) is 12.9. The molecule has 0 bridgehead atoms. The molecule has 140 valence electrons. The van der Waals surface area contributed by atoms with Crippen molar-refractivity contribution in [2.45, 2.75) is 31.8 Å².